The molecule has 0 atom stereocenters. The minimum Gasteiger partial charge on any atom is -0.368 e. The van der Waals surface area contributed by atoms with Crippen LogP contribution in [0.25, 0.3) is 16.7 Å². The van der Waals surface area contributed by atoms with Crippen molar-refractivity contribution in [3.05, 3.63) is 53.3 Å². The standard InChI is InChI=1S/C24H22F4N6/c25-16-6-2-8-18-19(16)20(30-22-32-31-21(29)34(18)22)33-13-3-5-15-14(4-1-7-17(15)33)9-10-23(11-12-23)24(26,27)28/h1-2,4,6-8H,3,5,9-13H2,(H2,29,31). The summed E-state index contributed by atoms with van der Waals surface area (Å²) >= 11 is 0. The molecule has 0 unspecified atom stereocenters. The van der Waals surface area contributed by atoms with E-state index in [1.54, 1.807) is 12.1 Å². The Kier molecular flexibility index (Phi) is 4.53. The van der Waals surface area contributed by atoms with Crippen molar-refractivity contribution in [2.24, 2.45) is 5.41 Å². The van der Waals surface area contributed by atoms with Crippen LogP contribution in [0.15, 0.2) is 36.4 Å². The highest BCUT2D eigenvalue weighted by Crippen LogP contribution is 2.60. The number of aromatic nitrogens is 4. The van der Waals surface area contributed by atoms with E-state index < -0.39 is 17.4 Å². The molecule has 6 nitrogen and oxygen atoms in total. The van der Waals surface area contributed by atoms with Crippen molar-refractivity contribution < 1.29 is 17.6 Å². The van der Waals surface area contributed by atoms with Crippen LogP contribution in [0.2, 0.25) is 0 Å². The number of aryl methyl sites for hydroxylation is 1. The van der Waals surface area contributed by atoms with Gasteiger partial charge in [0.1, 0.15) is 11.6 Å². The number of hydrogen-bond donors (Lipinski definition) is 1. The molecule has 2 aromatic heterocycles. The maximum absolute atomic E-state index is 15.1. The molecular formula is C24H22F4N6. The van der Waals surface area contributed by atoms with Crippen LogP contribution in [0.4, 0.5) is 35.0 Å². The van der Waals surface area contributed by atoms with Gasteiger partial charge in [-0.15, -0.1) is 10.2 Å². The summed E-state index contributed by atoms with van der Waals surface area (Å²) in [5, 5.41) is 8.22. The van der Waals surface area contributed by atoms with Crippen LogP contribution in [-0.2, 0) is 12.8 Å². The van der Waals surface area contributed by atoms with Crippen LogP contribution in [0, 0.1) is 11.2 Å². The van der Waals surface area contributed by atoms with E-state index in [9.17, 15) is 13.2 Å². The number of benzene rings is 2. The third kappa shape index (κ3) is 3.11. The minimum absolute atomic E-state index is 0.0910. The molecule has 1 aliphatic carbocycles. The lowest BCUT2D eigenvalue weighted by atomic mass is 9.90. The van der Waals surface area contributed by atoms with Crippen LogP contribution in [-0.4, -0.2) is 32.3 Å². The molecule has 1 aliphatic heterocycles. The molecule has 176 valence electrons. The molecule has 0 bridgehead atoms. The van der Waals surface area contributed by atoms with Crippen LogP contribution in [0.5, 0.6) is 0 Å². The van der Waals surface area contributed by atoms with E-state index >= 15 is 4.39 Å². The molecule has 0 saturated heterocycles. The monoisotopic (exact) mass is 470 g/mol. The number of rotatable bonds is 4. The second kappa shape index (κ2) is 7.28. The fourth-order valence-corrected chi connectivity index (χ4v) is 5.21. The normalized spacial score (nSPS) is 17.4. The summed E-state index contributed by atoms with van der Waals surface area (Å²) in [6.45, 7) is 0.596. The van der Waals surface area contributed by atoms with Gasteiger partial charge in [0, 0.05) is 12.2 Å². The molecule has 2 N–H and O–H groups in total. The number of nitrogens with two attached hydrogens (primary N) is 1. The third-order valence-corrected chi connectivity index (χ3v) is 7.26. The second-order valence-corrected chi connectivity index (χ2v) is 9.21. The molecule has 10 heteroatoms. The van der Waals surface area contributed by atoms with E-state index in [2.05, 4.69) is 15.2 Å². The van der Waals surface area contributed by atoms with Gasteiger partial charge in [-0.3, -0.25) is 0 Å². The third-order valence-electron chi connectivity index (χ3n) is 7.26. The Hall–Kier alpha value is -3.43. The van der Waals surface area contributed by atoms with Crippen molar-refractivity contribution in [3.8, 4) is 0 Å². The maximum Gasteiger partial charge on any atom is 0.394 e. The summed E-state index contributed by atoms with van der Waals surface area (Å²) in [6, 6.07) is 10.4. The smallest absolute Gasteiger partial charge is 0.368 e. The summed E-state index contributed by atoms with van der Waals surface area (Å²) in [7, 11) is 0. The van der Waals surface area contributed by atoms with Crippen LogP contribution in [0.1, 0.15) is 36.8 Å². The lowest BCUT2D eigenvalue weighted by Crippen LogP contribution is -2.28. The molecule has 34 heavy (non-hydrogen) atoms. The molecule has 0 amide bonds. The van der Waals surface area contributed by atoms with Gasteiger partial charge in [0.05, 0.1) is 16.3 Å². The molecule has 0 spiro atoms. The number of alkyl halides is 3. The largest absolute Gasteiger partial charge is 0.394 e. The zero-order valence-electron chi connectivity index (χ0n) is 18.2. The van der Waals surface area contributed by atoms with E-state index in [0.29, 0.717) is 29.7 Å². The summed E-state index contributed by atoms with van der Waals surface area (Å²) in [5.74, 6) is 0.332. The Bertz CT molecular complexity index is 1420. The van der Waals surface area contributed by atoms with Gasteiger partial charge in [-0.1, -0.05) is 18.2 Å². The fourth-order valence-electron chi connectivity index (χ4n) is 5.21. The quantitative estimate of drug-likeness (QED) is 0.407. The zero-order chi connectivity index (χ0) is 23.7. The predicted molar refractivity (Wildman–Crippen MR) is 120 cm³/mol. The van der Waals surface area contributed by atoms with E-state index in [0.717, 1.165) is 29.7 Å². The average Bonchev–Trinajstić information content (AvgIpc) is 3.53. The van der Waals surface area contributed by atoms with E-state index in [1.165, 1.54) is 10.5 Å². The van der Waals surface area contributed by atoms with Crippen LogP contribution < -0.4 is 10.6 Å². The van der Waals surface area contributed by atoms with Crippen molar-refractivity contribution in [3.63, 3.8) is 0 Å². The summed E-state index contributed by atoms with van der Waals surface area (Å²) in [5.41, 5.74) is 7.68. The highest BCUT2D eigenvalue weighted by Gasteiger charge is 2.62. The highest BCUT2D eigenvalue weighted by molar-refractivity contribution is 5.95. The first-order valence-electron chi connectivity index (χ1n) is 11.3. The summed E-state index contributed by atoms with van der Waals surface area (Å²) in [6.07, 6.45) is -1.79. The van der Waals surface area contributed by atoms with Crippen LogP contribution >= 0.6 is 0 Å². The van der Waals surface area contributed by atoms with Gasteiger partial charge in [0.2, 0.25) is 5.95 Å². The maximum atomic E-state index is 15.1. The van der Waals surface area contributed by atoms with Crippen molar-refractivity contribution in [2.45, 2.75) is 44.7 Å². The fraction of sp³-hybridized carbons (Fsp3) is 0.375. The van der Waals surface area contributed by atoms with Gasteiger partial charge >= 0.3 is 6.18 Å². The van der Waals surface area contributed by atoms with Gasteiger partial charge < -0.3 is 10.6 Å². The Balaban J connectivity index is 1.45. The first-order valence-corrected chi connectivity index (χ1v) is 11.3. The molecule has 1 fully saturated rings. The Morgan fingerprint density at radius 2 is 1.85 bits per heavy atom. The molecule has 2 aliphatic rings. The lowest BCUT2D eigenvalue weighted by Gasteiger charge is -2.33. The number of nitrogens with zero attached hydrogens (tertiary/aromatic N) is 5. The molecule has 3 heterocycles. The first kappa shape index (κ1) is 21.1. The second-order valence-electron chi connectivity index (χ2n) is 9.21. The van der Waals surface area contributed by atoms with Gasteiger partial charge in [0.15, 0.2) is 0 Å². The van der Waals surface area contributed by atoms with Gasteiger partial charge in [0.25, 0.3) is 5.78 Å². The van der Waals surface area contributed by atoms with Crippen LogP contribution in [0.3, 0.4) is 0 Å². The van der Waals surface area contributed by atoms with Gasteiger partial charge in [-0.2, -0.15) is 18.2 Å². The lowest BCUT2D eigenvalue weighted by molar-refractivity contribution is -0.188. The number of anilines is 3. The SMILES string of the molecule is Nc1nnc2nc(N3CCCc4c(CCC5(C(F)(F)F)CC5)cccc43)c3c(F)cccc3n12. The molecule has 0 radical (unpaired) electrons. The zero-order valence-corrected chi connectivity index (χ0v) is 18.2. The first-order chi connectivity index (χ1) is 16.3. The molecule has 4 aromatic rings. The van der Waals surface area contributed by atoms with Crippen molar-refractivity contribution in [1.82, 2.24) is 19.6 Å². The Morgan fingerprint density at radius 1 is 1.06 bits per heavy atom. The van der Waals surface area contributed by atoms with Crippen molar-refractivity contribution in [1.29, 1.82) is 0 Å². The van der Waals surface area contributed by atoms with E-state index in [-0.39, 0.29) is 31.0 Å². The molecule has 2 aromatic carbocycles. The van der Waals surface area contributed by atoms with Gasteiger partial charge in [-0.25, -0.2) is 8.79 Å². The van der Waals surface area contributed by atoms with E-state index in [4.69, 9.17) is 5.73 Å². The predicted octanol–water partition coefficient (Wildman–Crippen LogP) is 5.36. The summed E-state index contributed by atoms with van der Waals surface area (Å²) < 4.78 is 57.0. The van der Waals surface area contributed by atoms with Crippen molar-refractivity contribution >= 4 is 34.1 Å². The minimum atomic E-state index is -4.16. The number of halogens is 4. The number of hydrogen-bond acceptors (Lipinski definition) is 5. The van der Waals surface area contributed by atoms with E-state index in [1.807, 2.05) is 23.1 Å². The molecular weight excluding hydrogens is 448 g/mol. The topological polar surface area (TPSA) is 72.3 Å². The highest BCUT2D eigenvalue weighted by atomic mass is 19.4. The summed E-state index contributed by atoms with van der Waals surface area (Å²) in [4.78, 5) is 6.55. The molecule has 1 saturated carbocycles. The Labute approximate surface area is 192 Å². The Morgan fingerprint density at radius 3 is 2.62 bits per heavy atom. The number of nitrogen functional groups attached to an aromatic ring is 1. The van der Waals surface area contributed by atoms with Crippen molar-refractivity contribution in [2.75, 3.05) is 17.2 Å². The molecule has 6 rings (SSSR count). The van der Waals surface area contributed by atoms with Gasteiger partial charge in [-0.05, 0) is 67.9 Å². The number of fused-ring (bicyclic) bond motifs is 4. The average molecular weight is 470 g/mol.